The molecule has 0 saturated carbocycles. The number of hydrogen-bond acceptors (Lipinski definition) is 4. The maximum atomic E-state index is 11.6. The number of hydrogen-bond donors (Lipinski definition) is 0. The molecule has 0 N–H and O–H groups in total. The molecule has 0 aliphatic carbocycles. The second-order valence-electron chi connectivity index (χ2n) is 4.20. The van der Waals surface area contributed by atoms with Crippen LogP contribution in [0.3, 0.4) is 0 Å². The Morgan fingerprint density at radius 3 is 2.50 bits per heavy atom. The van der Waals surface area contributed by atoms with Gasteiger partial charge in [-0.3, -0.25) is 0 Å². The lowest BCUT2D eigenvalue weighted by Gasteiger charge is -2.21. The van der Waals surface area contributed by atoms with E-state index < -0.39 is 0 Å². The quantitative estimate of drug-likeness (QED) is 0.791. The van der Waals surface area contributed by atoms with Gasteiger partial charge in [0.2, 0.25) is 0 Å². The van der Waals surface area contributed by atoms with Gasteiger partial charge in [0, 0.05) is 13.1 Å². The van der Waals surface area contributed by atoms with Crippen molar-refractivity contribution in [2.45, 2.75) is 12.8 Å². The second kappa shape index (κ2) is 5.48. The van der Waals surface area contributed by atoms with E-state index in [9.17, 15) is 4.79 Å². The zero-order valence-corrected chi connectivity index (χ0v) is 11.3. The molecule has 1 aliphatic rings. The lowest BCUT2D eigenvalue weighted by molar-refractivity contribution is 0.0600. The molecule has 0 radical (unpaired) electrons. The van der Waals surface area contributed by atoms with Crippen LogP contribution in [0, 0.1) is 0 Å². The molecule has 0 atom stereocenters. The summed E-state index contributed by atoms with van der Waals surface area (Å²) in [6.45, 7) is 1.90. The van der Waals surface area contributed by atoms with Gasteiger partial charge in [-0.1, -0.05) is 11.6 Å². The van der Waals surface area contributed by atoms with Crippen LogP contribution in [0.1, 0.15) is 23.2 Å². The van der Waals surface area contributed by atoms with Crippen LogP contribution in [0.5, 0.6) is 5.75 Å². The van der Waals surface area contributed by atoms with Gasteiger partial charge in [-0.15, -0.1) is 0 Å². The van der Waals surface area contributed by atoms with Crippen molar-refractivity contribution in [1.29, 1.82) is 0 Å². The van der Waals surface area contributed by atoms with Gasteiger partial charge in [-0.2, -0.15) is 0 Å². The first-order chi connectivity index (χ1) is 8.67. The Kier molecular flexibility index (Phi) is 3.97. The van der Waals surface area contributed by atoms with Crippen LogP contribution in [-0.4, -0.2) is 33.3 Å². The van der Waals surface area contributed by atoms with E-state index >= 15 is 0 Å². The molecule has 18 heavy (non-hydrogen) atoms. The average molecular weight is 270 g/mol. The average Bonchev–Trinajstić information content (AvgIpc) is 2.92. The Labute approximate surface area is 111 Å². The third-order valence-corrected chi connectivity index (χ3v) is 3.49. The van der Waals surface area contributed by atoms with Crippen molar-refractivity contribution in [3.63, 3.8) is 0 Å². The number of carbonyl (C=O) groups excluding carboxylic acids is 1. The number of anilines is 1. The Bertz CT molecular complexity index is 456. The lowest BCUT2D eigenvalue weighted by atomic mass is 10.1. The third-order valence-electron chi connectivity index (χ3n) is 3.11. The number of benzene rings is 1. The van der Waals surface area contributed by atoms with Crippen molar-refractivity contribution < 1.29 is 14.3 Å². The minimum Gasteiger partial charge on any atom is -0.495 e. The fraction of sp³-hybridized carbons (Fsp3) is 0.462. The molecule has 0 aromatic heterocycles. The van der Waals surface area contributed by atoms with Crippen molar-refractivity contribution in [3.8, 4) is 5.75 Å². The van der Waals surface area contributed by atoms with Crippen LogP contribution < -0.4 is 9.64 Å². The van der Waals surface area contributed by atoms with Crippen molar-refractivity contribution in [2.75, 3.05) is 32.2 Å². The summed E-state index contributed by atoms with van der Waals surface area (Å²) in [5, 5.41) is 0.548. The highest BCUT2D eigenvalue weighted by molar-refractivity contribution is 6.35. The third kappa shape index (κ3) is 2.38. The second-order valence-corrected chi connectivity index (χ2v) is 4.58. The summed E-state index contributed by atoms with van der Waals surface area (Å²) in [6.07, 6.45) is 2.28. The molecule has 1 aromatic carbocycles. The van der Waals surface area contributed by atoms with E-state index in [1.807, 2.05) is 0 Å². The topological polar surface area (TPSA) is 38.8 Å². The molecular weight excluding hydrogens is 254 g/mol. The van der Waals surface area contributed by atoms with Crippen molar-refractivity contribution in [1.82, 2.24) is 0 Å². The molecule has 1 aliphatic heterocycles. The SMILES string of the molecule is COC(=O)c1cc(OC)c(Cl)c(N2CCCC2)c1. The number of halogens is 1. The Hall–Kier alpha value is -1.42. The predicted molar refractivity (Wildman–Crippen MR) is 70.8 cm³/mol. The van der Waals surface area contributed by atoms with Crippen LogP contribution in [-0.2, 0) is 4.74 Å². The highest BCUT2D eigenvalue weighted by Crippen LogP contribution is 2.37. The molecule has 1 fully saturated rings. The van der Waals surface area contributed by atoms with Gasteiger partial charge in [-0.05, 0) is 25.0 Å². The van der Waals surface area contributed by atoms with Crippen LogP contribution in [0.15, 0.2) is 12.1 Å². The summed E-state index contributed by atoms with van der Waals surface area (Å²) >= 11 is 6.29. The van der Waals surface area contributed by atoms with Crippen LogP contribution in [0.2, 0.25) is 5.02 Å². The van der Waals surface area contributed by atoms with Crippen molar-refractivity contribution >= 4 is 23.3 Å². The van der Waals surface area contributed by atoms with Crippen molar-refractivity contribution in [3.05, 3.63) is 22.7 Å². The molecule has 0 amide bonds. The zero-order valence-electron chi connectivity index (χ0n) is 10.5. The molecule has 98 valence electrons. The molecule has 1 aromatic rings. The lowest BCUT2D eigenvalue weighted by Crippen LogP contribution is -2.19. The van der Waals surface area contributed by atoms with Gasteiger partial charge < -0.3 is 14.4 Å². The van der Waals surface area contributed by atoms with Gasteiger partial charge >= 0.3 is 5.97 Å². The molecule has 0 bridgehead atoms. The monoisotopic (exact) mass is 269 g/mol. The molecule has 2 rings (SSSR count). The van der Waals surface area contributed by atoms with Crippen LogP contribution >= 0.6 is 11.6 Å². The molecule has 5 heteroatoms. The van der Waals surface area contributed by atoms with E-state index in [-0.39, 0.29) is 5.97 Å². The van der Waals surface area contributed by atoms with Crippen LogP contribution in [0.25, 0.3) is 0 Å². The van der Waals surface area contributed by atoms with E-state index in [0.717, 1.165) is 31.6 Å². The maximum absolute atomic E-state index is 11.6. The number of ether oxygens (including phenoxy) is 2. The summed E-state index contributed by atoms with van der Waals surface area (Å²) < 4.78 is 9.95. The number of nitrogens with zero attached hydrogens (tertiary/aromatic N) is 1. The van der Waals surface area contributed by atoms with Gasteiger partial charge in [0.25, 0.3) is 0 Å². The number of carbonyl (C=O) groups is 1. The summed E-state index contributed by atoms with van der Waals surface area (Å²) in [6, 6.07) is 3.37. The van der Waals surface area contributed by atoms with E-state index in [0.29, 0.717) is 16.3 Å². The van der Waals surface area contributed by atoms with Gasteiger partial charge in [0.15, 0.2) is 0 Å². The molecule has 0 spiro atoms. The summed E-state index contributed by atoms with van der Waals surface area (Å²) in [5.74, 6) is 0.117. The smallest absolute Gasteiger partial charge is 0.338 e. The minimum atomic E-state index is -0.384. The highest BCUT2D eigenvalue weighted by atomic mass is 35.5. The molecule has 1 saturated heterocycles. The molecular formula is C13H16ClNO3. The first kappa shape index (κ1) is 13.0. The summed E-state index contributed by atoms with van der Waals surface area (Å²) in [4.78, 5) is 13.8. The maximum Gasteiger partial charge on any atom is 0.338 e. The Morgan fingerprint density at radius 2 is 1.94 bits per heavy atom. The fourth-order valence-electron chi connectivity index (χ4n) is 2.16. The van der Waals surface area contributed by atoms with Crippen molar-refractivity contribution in [2.24, 2.45) is 0 Å². The standard InChI is InChI=1S/C13H16ClNO3/c1-17-11-8-9(13(16)18-2)7-10(12(11)14)15-5-3-4-6-15/h7-8H,3-6H2,1-2H3. The molecule has 0 unspecified atom stereocenters. The zero-order chi connectivity index (χ0) is 13.1. The highest BCUT2D eigenvalue weighted by Gasteiger charge is 2.20. The Balaban J connectivity index is 2.45. The number of methoxy groups -OCH3 is 2. The summed E-state index contributed by atoms with van der Waals surface area (Å²) in [5.41, 5.74) is 1.30. The van der Waals surface area contributed by atoms with Crippen LogP contribution in [0.4, 0.5) is 5.69 Å². The van der Waals surface area contributed by atoms with Gasteiger partial charge in [0.1, 0.15) is 10.8 Å². The fourth-order valence-corrected chi connectivity index (χ4v) is 2.46. The Morgan fingerprint density at radius 1 is 1.28 bits per heavy atom. The summed E-state index contributed by atoms with van der Waals surface area (Å²) in [7, 11) is 2.90. The van der Waals surface area contributed by atoms with E-state index in [1.54, 1.807) is 12.1 Å². The molecule has 1 heterocycles. The minimum absolute atomic E-state index is 0.384. The van der Waals surface area contributed by atoms with E-state index in [4.69, 9.17) is 21.1 Å². The number of rotatable bonds is 3. The van der Waals surface area contributed by atoms with E-state index in [2.05, 4.69) is 4.90 Å². The van der Waals surface area contributed by atoms with E-state index in [1.165, 1.54) is 14.2 Å². The van der Waals surface area contributed by atoms with Gasteiger partial charge in [-0.25, -0.2) is 4.79 Å². The predicted octanol–water partition coefficient (Wildman–Crippen LogP) is 2.74. The largest absolute Gasteiger partial charge is 0.495 e. The number of esters is 1. The van der Waals surface area contributed by atoms with Gasteiger partial charge in [0.05, 0.1) is 25.5 Å². The molecule has 4 nitrogen and oxygen atoms in total. The first-order valence-corrected chi connectivity index (χ1v) is 6.26. The first-order valence-electron chi connectivity index (χ1n) is 5.88. The normalized spacial score (nSPS) is 14.7.